The average molecular weight is 428 g/mol. The third kappa shape index (κ3) is 2.49. The van der Waals surface area contributed by atoms with Gasteiger partial charge in [0.25, 0.3) is 23.6 Å². The third-order valence-corrected chi connectivity index (χ3v) is 7.04. The summed E-state index contributed by atoms with van der Waals surface area (Å²) in [6.07, 6.45) is 3.70. The Morgan fingerprint density at radius 3 is 1.12 bits per heavy atom. The summed E-state index contributed by atoms with van der Waals surface area (Å²) >= 11 is 0. The molecule has 2 heterocycles. The Balaban J connectivity index is 1.31. The maximum Gasteiger partial charge on any atom is 0.252 e. The lowest BCUT2D eigenvalue weighted by Crippen LogP contribution is -2.50. The number of carbonyl (C=O) groups is 4. The van der Waals surface area contributed by atoms with Crippen molar-refractivity contribution in [3.8, 4) is 0 Å². The lowest BCUT2D eigenvalue weighted by atomic mass is 9.54. The second-order valence-corrected chi connectivity index (χ2v) is 8.62. The number of para-hydroxylation sites is 2. The molecule has 1 saturated carbocycles. The Hall–Kier alpha value is -3.94. The molecule has 2 aliphatic heterocycles. The van der Waals surface area contributed by atoms with Crippen molar-refractivity contribution >= 4 is 35.0 Å². The molecule has 2 N–H and O–H groups in total. The number of hydrogen-bond acceptors (Lipinski definition) is 6. The van der Waals surface area contributed by atoms with Crippen LogP contribution in [-0.2, 0) is 19.2 Å². The highest BCUT2D eigenvalue weighted by Gasteiger charge is 2.69. The molecular weight excluding hydrogens is 408 g/mol. The zero-order valence-corrected chi connectivity index (χ0v) is 16.9. The summed E-state index contributed by atoms with van der Waals surface area (Å²) in [6.45, 7) is 0. The third-order valence-electron chi connectivity index (χ3n) is 7.04. The van der Waals surface area contributed by atoms with Crippen molar-refractivity contribution in [2.24, 2.45) is 35.5 Å². The van der Waals surface area contributed by atoms with Crippen LogP contribution in [0.2, 0.25) is 0 Å². The highest BCUT2D eigenvalue weighted by atomic mass is 16.2. The number of anilines is 2. The highest BCUT2D eigenvalue weighted by Crippen LogP contribution is 2.57. The topological polar surface area (TPSA) is 98.8 Å². The van der Waals surface area contributed by atoms with Gasteiger partial charge in [-0.2, -0.15) is 10.0 Å². The van der Waals surface area contributed by atoms with Gasteiger partial charge in [-0.3, -0.25) is 30.0 Å². The number of allylic oxidation sites excluding steroid dienone is 2. The van der Waals surface area contributed by atoms with E-state index >= 15 is 0 Å². The number of hydrazine groups is 2. The molecule has 2 aromatic carbocycles. The fraction of sp³-hybridized carbons (Fsp3) is 0.250. The number of benzene rings is 2. The van der Waals surface area contributed by atoms with E-state index in [1.807, 2.05) is 48.6 Å². The van der Waals surface area contributed by atoms with E-state index in [0.29, 0.717) is 11.4 Å². The molecule has 6 atom stereocenters. The second kappa shape index (κ2) is 6.78. The van der Waals surface area contributed by atoms with E-state index < -0.39 is 35.5 Å². The molecule has 2 unspecified atom stereocenters. The van der Waals surface area contributed by atoms with Crippen LogP contribution < -0.4 is 10.9 Å². The van der Waals surface area contributed by atoms with Gasteiger partial charge in [0.1, 0.15) is 0 Å². The van der Waals surface area contributed by atoms with Crippen molar-refractivity contribution in [2.45, 2.75) is 0 Å². The smallest absolute Gasteiger partial charge is 0.252 e. The van der Waals surface area contributed by atoms with Crippen LogP contribution in [0.15, 0.2) is 72.8 Å². The van der Waals surface area contributed by atoms with Crippen LogP contribution in [0.25, 0.3) is 0 Å². The van der Waals surface area contributed by atoms with E-state index in [1.54, 1.807) is 24.3 Å². The van der Waals surface area contributed by atoms with Crippen LogP contribution in [0.5, 0.6) is 0 Å². The number of amides is 4. The summed E-state index contributed by atoms with van der Waals surface area (Å²) in [5, 5.41) is 2.13. The maximum absolute atomic E-state index is 13.3. The van der Waals surface area contributed by atoms with E-state index in [2.05, 4.69) is 10.9 Å². The Labute approximate surface area is 183 Å². The number of nitrogens with zero attached hydrogens (tertiary/aromatic N) is 2. The number of hydrogen-bond donors (Lipinski definition) is 2. The fourth-order valence-electron chi connectivity index (χ4n) is 5.73. The summed E-state index contributed by atoms with van der Waals surface area (Å²) in [6, 6.07) is 18.0. The minimum atomic E-state index is -0.650. The molecule has 4 amide bonds. The van der Waals surface area contributed by atoms with Crippen molar-refractivity contribution in [1.82, 2.24) is 10.0 Å². The summed E-state index contributed by atoms with van der Waals surface area (Å²) in [7, 11) is 0. The van der Waals surface area contributed by atoms with Gasteiger partial charge in [-0.05, 0) is 24.3 Å². The molecule has 2 aromatic rings. The van der Waals surface area contributed by atoms with Crippen LogP contribution in [0.3, 0.4) is 0 Å². The van der Waals surface area contributed by atoms with Crippen LogP contribution in [0.4, 0.5) is 11.4 Å². The summed E-state index contributed by atoms with van der Waals surface area (Å²) in [4.78, 5) is 53.1. The van der Waals surface area contributed by atoms with Crippen molar-refractivity contribution < 1.29 is 19.2 Å². The molecule has 0 spiro atoms. The first-order valence-electron chi connectivity index (χ1n) is 10.6. The van der Waals surface area contributed by atoms with Gasteiger partial charge in [0, 0.05) is 11.8 Å². The normalized spacial score (nSPS) is 32.4. The van der Waals surface area contributed by atoms with E-state index in [1.165, 1.54) is 0 Å². The number of nitrogens with one attached hydrogen (secondary N) is 2. The Bertz CT molecular complexity index is 1030. The Morgan fingerprint density at radius 2 is 0.812 bits per heavy atom. The molecule has 32 heavy (non-hydrogen) atoms. The van der Waals surface area contributed by atoms with Crippen molar-refractivity contribution in [1.29, 1.82) is 0 Å². The molecule has 0 aromatic heterocycles. The van der Waals surface area contributed by atoms with Crippen molar-refractivity contribution in [3.05, 3.63) is 72.8 Å². The summed E-state index contributed by atoms with van der Waals surface area (Å²) < 4.78 is 0. The first-order chi connectivity index (χ1) is 15.6. The molecular formula is C24H20N4O4. The summed E-state index contributed by atoms with van der Waals surface area (Å²) in [5.74, 6) is -4.99. The molecule has 5 aliphatic rings. The number of rotatable bonds is 4. The summed E-state index contributed by atoms with van der Waals surface area (Å²) in [5.41, 5.74) is 7.07. The first kappa shape index (κ1) is 18.8. The van der Waals surface area contributed by atoms with Gasteiger partial charge in [-0.1, -0.05) is 48.6 Å². The SMILES string of the molecule is O=C1[C@@H]2C3C=CC([C@@H]2C(=O)N1Nc1ccccc1)[C@@H]1C(=O)N(Nc2ccccc2)C(=O)[C@@H]31. The fourth-order valence-corrected chi connectivity index (χ4v) is 5.73. The van der Waals surface area contributed by atoms with Gasteiger partial charge in [0.2, 0.25) is 0 Å². The van der Waals surface area contributed by atoms with E-state index in [4.69, 9.17) is 0 Å². The van der Waals surface area contributed by atoms with Gasteiger partial charge in [0.05, 0.1) is 35.0 Å². The second-order valence-electron chi connectivity index (χ2n) is 8.62. The van der Waals surface area contributed by atoms with E-state index in [0.717, 1.165) is 10.0 Å². The van der Waals surface area contributed by atoms with Gasteiger partial charge >= 0.3 is 0 Å². The molecule has 7 rings (SSSR count). The highest BCUT2D eigenvalue weighted by molar-refractivity contribution is 6.11. The van der Waals surface area contributed by atoms with Crippen LogP contribution in [0, 0.1) is 35.5 Å². The van der Waals surface area contributed by atoms with Crippen molar-refractivity contribution in [3.63, 3.8) is 0 Å². The Morgan fingerprint density at radius 1 is 0.500 bits per heavy atom. The van der Waals surface area contributed by atoms with E-state index in [-0.39, 0.29) is 23.6 Å². The van der Waals surface area contributed by atoms with Gasteiger partial charge in [-0.25, -0.2) is 0 Å². The molecule has 0 radical (unpaired) electrons. The molecule has 2 bridgehead atoms. The molecule has 3 fully saturated rings. The zero-order valence-electron chi connectivity index (χ0n) is 16.9. The van der Waals surface area contributed by atoms with Crippen LogP contribution in [0.1, 0.15) is 0 Å². The molecule has 160 valence electrons. The average Bonchev–Trinajstić information content (AvgIpc) is 3.24. The van der Waals surface area contributed by atoms with Gasteiger partial charge in [-0.15, -0.1) is 0 Å². The molecule has 3 aliphatic carbocycles. The lowest BCUT2D eigenvalue weighted by molar-refractivity contribution is -0.138. The van der Waals surface area contributed by atoms with Crippen LogP contribution in [-0.4, -0.2) is 33.6 Å². The first-order valence-corrected chi connectivity index (χ1v) is 10.6. The molecule has 2 saturated heterocycles. The largest absolute Gasteiger partial charge is 0.289 e. The standard InChI is InChI=1S/C24H20N4O4/c29-21-17-15-11-12-16(18(17)22(30)27(21)25-13-7-3-1-4-8-13)20-19(15)23(31)28(24(20)32)26-14-9-5-2-6-10-14/h1-12,15-20,25-26H/t15?,16?,17-,18-,19-,20+/m0/s1. The van der Waals surface area contributed by atoms with Gasteiger partial charge in [0.15, 0.2) is 0 Å². The maximum atomic E-state index is 13.3. The lowest BCUT2D eigenvalue weighted by Gasteiger charge is -2.44. The quantitative estimate of drug-likeness (QED) is 0.571. The predicted octanol–water partition coefficient (Wildman–Crippen LogP) is 2.06. The minimum Gasteiger partial charge on any atom is -0.289 e. The molecule has 8 nitrogen and oxygen atoms in total. The zero-order chi connectivity index (χ0) is 22.0. The predicted molar refractivity (Wildman–Crippen MR) is 114 cm³/mol. The van der Waals surface area contributed by atoms with Gasteiger partial charge < -0.3 is 0 Å². The number of carbonyl (C=O) groups excluding carboxylic acids is 4. The van der Waals surface area contributed by atoms with E-state index in [9.17, 15) is 19.2 Å². The monoisotopic (exact) mass is 428 g/mol. The molecule has 8 heteroatoms. The number of imide groups is 2. The Kier molecular flexibility index (Phi) is 3.98. The van der Waals surface area contributed by atoms with Crippen molar-refractivity contribution in [2.75, 3.05) is 10.9 Å². The van der Waals surface area contributed by atoms with Crippen LogP contribution >= 0.6 is 0 Å². The minimum absolute atomic E-state index is 0.351.